The highest BCUT2D eigenvalue weighted by Crippen LogP contribution is 2.16. The van der Waals surface area contributed by atoms with E-state index in [4.69, 9.17) is 9.47 Å². The van der Waals surface area contributed by atoms with Gasteiger partial charge >= 0.3 is 5.97 Å². The predicted octanol–water partition coefficient (Wildman–Crippen LogP) is 4.68. The molecule has 0 fully saturated rings. The summed E-state index contributed by atoms with van der Waals surface area (Å²) in [6.07, 6.45) is 0. The normalized spacial score (nSPS) is 10.3. The number of ether oxygens (including phenoxy) is 2. The van der Waals surface area contributed by atoms with Crippen LogP contribution in [0.1, 0.15) is 27.0 Å². The van der Waals surface area contributed by atoms with E-state index < -0.39 is 5.97 Å². The monoisotopic (exact) mass is 389 g/mol. The zero-order chi connectivity index (χ0) is 20.6. The third kappa shape index (κ3) is 5.94. The van der Waals surface area contributed by atoms with Crippen molar-refractivity contribution in [2.75, 3.05) is 11.9 Å². The number of benzene rings is 3. The third-order valence-electron chi connectivity index (χ3n) is 4.33. The summed E-state index contributed by atoms with van der Waals surface area (Å²) < 4.78 is 10.8. The van der Waals surface area contributed by atoms with Gasteiger partial charge in [-0.2, -0.15) is 0 Å². The summed E-state index contributed by atoms with van der Waals surface area (Å²) in [7, 11) is 0. The second kappa shape index (κ2) is 9.55. The molecule has 29 heavy (non-hydrogen) atoms. The summed E-state index contributed by atoms with van der Waals surface area (Å²) in [5, 5.41) is 2.75. The number of nitrogens with one attached hydrogen (secondary N) is 1. The van der Waals surface area contributed by atoms with E-state index in [1.54, 1.807) is 24.3 Å². The molecule has 0 heterocycles. The molecule has 0 aliphatic carbocycles. The van der Waals surface area contributed by atoms with Crippen LogP contribution in [0, 0.1) is 13.8 Å². The van der Waals surface area contributed by atoms with Gasteiger partial charge in [-0.15, -0.1) is 0 Å². The first kappa shape index (κ1) is 20.1. The lowest BCUT2D eigenvalue weighted by atomic mass is 10.1. The van der Waals surface area contributed by atoms with Gasteiger partial charge in [0.25, 0.3) is 5.91 Å². The molecular weight excluding hydrogens is 366 g/mol. The van der Waals surface area contributed by atoms with E-state index in [0.717, 1.165) is 22.4 Å². The molecule has 0 radical (unpaired) electrons. The quantitative estimate of drug-likeness (QED) is 0.596. The lowest BCUT2D eigenvalue weighted by molar-refractivity contribution is -0.119. The van der Waals surface area contributed by atoms with Crippen molar-refractivity contribution in [1.82, 2.24) is 0 Å². The summed E-state index contributed by atoms with van der Waals surface area (Å²) in [4.78, 5) is 24.2. The molecular formula is C24H23NO4. The number of rotatable bonds is 7. The summed E-state index contributed by atoms with van der Waals surface area (Å²) in [6.45, 7) is 3.96. The Bertz CT molecular complexity index is 982. The average Bonchev–Trinajstić information content (AvgIpc) is 2.73. The Kier molecular flexibility index (Phi) is 6.63. The fourth-order valence-electron chi connectivity index (χ4n) is 2.78. The van der Waals surface area contributed by atoms with Gasteiger partial charge in [0.1, 0.15) is 12.4 Å². The minimum Gasteiger partial charge on any atom is -0.489 e. The number of amides is 1. The van der Waals surface area contributed by atoms with Crippen LogP contribution in [0.15, 0.2) is 72.8 Å². The fourth-order valence-corrected chi connectivity index (χ4v) is 2.78. The smallest absolute Gasteiger partial charge is 0.338 e. The number of anilines is 1. The molecule has 0 aliphatic heterocycles. The van der Waals surface area contributed by atoms with Crippen LogP contribution in [0.2, 0.25) is 0 Å². The Hall–Kier alpha value is -3.60. The Morgan fingerprint density at radius 1 is 0.897 bits per heavy atom. The number of hydrogen-bond acceptors (Lipinski definition) is 4. The molecule has 0 aliphatic rings. The first-order valence-electron chi connectivity index (χ1n) is 9.32. The molecule has 3 aromatic rings. The molecule has 0 atom stereocenters. The van der Waals surface area contributed by atoms with Gasteiger partial charge in [-0.3, -0.25) is 4.79 Å². The van der Waals surface area contributed by atoms with Crippen molar-refractivity contribution < 1.29 is 19.1 Å². The Balaban J connectivity index is 1.48. The zero-order valence-electron chi connectivity index (χ0n) is 16.5. The van der Waals surface area contributed by atoms with Crippen LogP contribution in [-0.2, 0) is 16.1 Å². The van der Waals surface area contributed by atoms with Gasteiger partial charge in [-0.1, -0.05) is 48.0 Å². The van der Waals surface area contributed by atoms with Gasteiger partial charge in [0.15, 0.2) is 6.61 Å². The molecule has 0 spiro atoms. The van der Waals surface area contributed by atoms with E-state index in [1.165, 1.54) is 0 Å². The van der Waals surface area contributed by atoms with Crippen LogP contribution in [0.4, 0.5) is 5.69 Å². The minimum absolute atomic E-state index is 0.342. The highest BCUT2D eigenvalue weighted by Gasteiger charge is 2.11. The largest absolute Gasteiger partial charge is 0.489 e. The van der Waals surface area contributed by atoms with Crippen LogP contribution < -0.4 is 10.1 Å². The maximum Gasteiger partial charge on any atom is 0.338 e. The first-order chi connectivity index (χ1) is 14.0. The lowest BCUT2D eigenvalue weighted by Crippen LogP contribution is -2.21. The second-order valence-corrected chi connectivity index (χ2v) is 6.74. The van der Waals surface area contributed by atoms with Gasteiger partial charge in [-0.05, 0) is 55.3 Å². The van der Waals surface area contributed by atoms with Crippen molar-refractivity contribution in [2.24, 2.45) is 0 Å². The fraction of sp³-hybridized carbons (Fsp3) is 0.167. The number of aryl methyl sites for hydroxylation is 2. The minimum atomic E-state index is -0.545. The van der Waals surface area contributed by atoms with E-state index in [1.807, 2.05) is 62.4 Å². The summed E-state index contributed by atoms with van der Waals surface area (Å²) in [5.41, 5.74) is 4.09. The third-order valence-corrected chi connectivity index (χ3v) is 4.33. The molecule has 0 aromatic heterocycles. The molecule has 5 nitrogen and oxygen atoms in total. The van der Waals surface area contributed by atoms with Crippen LogP contribution in [0.5, 0.6) is 5.75 Å². The molecule has 5 heteroatoms. The van der Waals surface area contributed by atoms with E-state index in [0.29, 0.717) is 17.9 Å². The van der Waals surface area contributed by atoms with Gasteiger partial charge in [-0.25, -0.2) is 4.79 Å². The van der Waals surface area contributed by atoms with Crippen LogP contribution in [-0.4, -0.2) is 18.5 Å². The maximum absolute atomic E-state index is 12.2. The van der Waals surface area contributed by atoms with Crippen LogP contribution >= 0.6 is 0 Å². The molecule has 3 aromatic carbocycles. The van der Waals surface area contributed by atoms with E-state index >= 15 is 0 Å². The summed E-state index contributed by atoms with van der Waals surface area (Å²) in [5.74, 6) is -0.139. The molecule has 0 unspecified atom stereocenters. The summed E-state index contributed by atoms with van der Waals surface area (Å²) in [6, 6.07) is 22.2. The number of carbonyl (C=O) groups is 2. The zero-order valence-corrected chi connectivity index (χ0v) is 16.5. The van der Waals surface area contributed by atoms with Gasteiger partial charge in [0, 0.05) is 5.69 Å². The second-order valence-electron chi connectivity index (χ2n) is 6.74. The highest BCUT2D eigenvalue weighted by atomic mass is 16.5. The Morgan fingerprint density at radius 3 is 2.31 bits per heavy atom. The predicted molar refractivity (Wildman–Crippen MR) is 112 cm³/mol. The van der Waals surface area contributed by atoms with Gasteiger partial charge in [0.05, 0.1) is 5.56 Å². The molecule has 3 rings (SSSR count). The molecule has 1 N–H and O–H groups in total. The number of hydrogen-bond donors (Lipinski definition) is 1. The SMILES string of the molecule is Cc1ccc(NC(=O)COC(=O)c2ccc(COc3ccccc3)cc2)c(C)c1. The van der Waals surface area contributed by atoms with Crippen molar-refractivity contribution in [3.8, 4) is 5.75 Å². The standard InChI is InChI=1S/C24H23NO4/c1-17-8-13-22(18(2)14-17)25-23(26)16-29-24(27)20-11-9-19(10-12-20)15-28-21-6-4-3-5-7-21/h3-14H,15-16H2,1-2H3,(H,25,26). The van der Waals surface area contributed by atoms with Crippen LogP contribution in [0.3, 0.4) is 0 Å². The van der Waals surface area contributed by atoms with Crippen molar-refractivity contribution in [3.63, 3.8) is 0 Å². The molecule has 1 amide bonds. The van der Waals surface area contributed by atoms with E-state index in [2.05, 4.69) is 5.32 Å². The number of esters is 1. The molecule has 148 valence electrons. The van der Waals surface area contributed by atoms with E-state index in [9.17, 15) is 9.59 Å². The topological polar surface area (TPSA) is 64.6 Å². The molecule has 0 bridgehead atoms. The van der Waals surface area contributed by atoms with Crippen molar-refractivity contribution in [3.05, 3.63) is 95.1 Å². The van der Waals surface area contributed by atoms with Gasteiger partial charge < -0.3 is 14.8 Å². The Labute approximate surface area is 170 Å². The van der Waals surface area contributed by atoms with Gasteiger partial charge in [0.2, 0.25) is 0 Å². The lowest BCUT2D eigenvalue weighted by Gasteiger charge is -2.10. The number of para-hydroxylation sites is 1. The molecule has 0 saturated heterocycles. The van der Waals surface area contributed by atoms with E-state index in [-0.39, 0.29) is 12.5 Å². The average molecular weight is 389 g/mol. The summed E-state index contributed by atoms with van der Waals surface area (Å²) >= 11 is 0. The highest BCUT2D eigenvalue weighted by molar-refractivity contribution is 5.95. The van der Waals surface area contributed by atoms with Crippen molar-refractivity contribution in [2.45, 2.75) is 20.5 Å². The first-order valence-corrected chi connectivity index (χ1v) is 9.32. The Morgan fingerprint density at radius 2 is 1.62 bits per heavy atom. The molecule has 0 saturated carbocycles. The number of carbonyl (C=O) groups excluding carboxylic acids is 2. The van der Waals surface area contributed by atoms with Crippen molar-refractivity contribution >= 4 is 17.6 Å². The van der Waals surface area contributed by atoms with Crippen LogP contribution in [0.25, 0.3) is 0 Å². The van der Waals surface area contributed by atoms with Crippen molar-refractivity contribution in [1.29, 1.82) is 0 Å². The maximum atomic E-state index is 12.2.